The molecule has 0 fully saturated rings. The molecule has 1 N–H and O–H groups in total. The second-order valence-corrected chi connectivity index (χ2v) is 5.57. The zero-order valence-electron chi connectivity index (χ0n) is 10.1. The minimum atomic E-state index is 0.627. The molecule has 0 atom stereocenters. The van der Waals surface area contributed by atoms with Gasteiger partial charge in [0, 0.05) is 16.9 Å². The number of hydrogen-bond donors (Lipinski definition) is 1. The Morgan fingerprint density at radius 3 is 3.05 bits per heavy atom. The summed E-state index contributed by atoms with van der Waals surface area (Å²) < 4.78 is 4.23. The van der Waals surface area contributed by atoms with E-state index in [2.05, 4.69) is 15.8 Å². The van der Waals surface area contributed by atoms with Crippen molar-refractivity contribution in [1.29, 1.82) is 5.26 Å². The molecule has 3 nitrogen and oxygen atoms in total. The summed E-state index contributed by atoms with van der Waals surface area (Å²) in [5.41, 5.74) is 1.53. The first-order valence-electron chi connectivity index (χ1n) is 5.37. The van der Waals surface area contributed by atoms with E-state index in [0.29, 0.717) is 10.6 Å². The van der Waals surface area contributed by atoms with Crippen LogP contribution in [0.1, 0.15) is 10.4 Å². The van der Waals surface area contributed by atoms with Gasteiger partial charge < -0.3 is 5.32 Å². The smallest absolute Gasteiger partial charge is 0.128 e. The van der Waals surface area contributed by atoms with Crippen molar-refractivity contribution in [2.75, 3.05) is 11.6 Å². The Hall–Kier alpha value is -1.48. The number of nitriles is 1. The molecule has 96 valence electrons. The van der Waals surface area contributed by atoms with Crippen LogP contribution in [0.2, 0.25) is 5.02 Å². The monoisotopic (exact) mass is 307 g/mol. The van der Waals surface area contributed by atoms with Gasteiger partial charge in [-0.2, -0.15) is 9.64 Å². The number of halogens is 1. The zero-order valence-corrected chi connectivity index (χ0v) is 12.4. The highest BCUT2D eigenvalue weighted by atomic mass is 35.5. The van der Waals surface area contributed by atoms with Crippen LogP contribution in [0, 0.1) is 11.3 Å². The fourth-order valence-corrected chi connectivity index (χ4v) is 3.09. The first kappa shape index (κ1) is 13.9. The first-order valence-corrected chi connectivity index (χ1v) is 7.74. The topological polar surface area (TPSA) is 48.7 Å². The van der Waals surface area contributed by atoms with Crippen molar-refractivity contribution in [2.45, 2.75) is 5.03 Å². The number of aromatic nitrogens is 1. The van der Waals surface area contributed by atoms with Crippen LogP contribution < -0.4 is 5.32 Å². The molecule has 6 heteroatoms. The largest absolute Gasteiger partial charge is 0.362 e. The summed E-state index contributed by atoms with van der Waals surface area (Å²) in [5.74, 6) is 0. The van der Waals surface area contributed by atoms with E-state index in [1.165, 1.54) is 23.3 Å². The summed E-state index contributed by atoms with van der Waals surface area (Å²) >= 11 is 8.69. The molecule has 0 aliphatic heterocycles. The van der Waals surface area contributed by atoms with Crippen molar-refractivity contribution in [2.24, 2.45) is 0 Å². The summed E-state index contributed by atoms with van der Waals surface area (Å²) in [7, 11) is 0. The van der Waals surface area contributed by atoms with Gasteiger partial charge in [-0.1, -0.05) is 17.7 Å². The fraction of sp³-hybridized carbons (Fsp3) is 0.0769. The second-order valence-electron chi connectivity index (χ2n) is 3.53. The van der Waals surface area contributed by atoms with Crippen LogP contribution in [-0.4, -0.2) is 10.6 Å². The number of hydrogen-bond acceptors (Lipinski definition) is 5. The van der Waals surface area contributed by atoms with E-state index in [4.69, 9.17) is 16.9 Å². The van der Waals surface area contributed by atoms with E-state index in [1.54, 1.807) is 6.20 Å². The highest BCUT2D eigenvalue weighted by molar-refractivity contribution is 7.98. The molecule has 0 bridgehead atoms. The molecule has 19 heavy (non-hydrogen) atoms. The number of anilines is 1. The Morgan fingerprint density at radius 2 is 2.37 bits per heavy atom. The van der Waals surface area contributed by atoms with E-state index in [-0.39, 0.29) is 0 Å². The molecule has 2 aromatic rings. The second kappa shape index (κ2) is 6.62. The molecule has 1 heterocycles. The lowest BCUT2D eigenvalue weighted by molar-refractivity contribution is 1.25. The number of thioether (sulfide) groups is 1. The molecule has 0 radical (unpaired) electrons. The van der Waals surface area contributed by atoms with E-state index in [9.17, 15) is 0 Å². The quantitative estimate of drug-likeness (QED) is 0.846. The summed E-state index contributed by atoms with van der Waals surface area (Å²) in [5, 5.41) is 13.7. The highest BCUT2D eigenvalue weighted by Gasteiger charge is 2.09. The molecule has 1 aromatic carbocycles. The number of benzene rings is 1. The van der Waals surface area contributed by atoms with Crippen LogP contribution in [0.3, 0.4) is 0 Å². The van der Waals surface area contributed by atoms with Gasteiger partial charge in [-0.15, -0.1) is 11.8 Å². The predicted molar refractivity (Wildman–Crippen MR) is 82.7 cm³/mol. The van der Waals surface area contributed by atoms with Crippen molar-refractivity contribution >= 4 is 46.7 Å². The van der Waals surface area contributed by atoms with Crippen LogP contribution >= 0.6 is 34.9 Å². The van der Waals surface area contributed by atoms with Crippen LogP contribution in [0.25, 0.3) is 6.08 Å². The number of nitrogens with one attached hydrogen (secondary N) is 1. The van der Waals surface area contributed by atoms with Gasteiger partial charge in [-0.25, -0.2) is 0 Å². The van der Waals surface area contributed by atoms with E-state index in [0.717, 1.165) is 15.6 Å². The van der Waals surface area contributed by atoms with Gasteiger partial charge >= 0.3 is 0 Å². The van der Waals surface area contributed by atoms with Gasteiger partial charge in [0.2, 0.25) is 0 Å². The average Bonchev–Trinajstić information content (AvgIpc) is 2.81. The lowest BCUT2D eigenvalue weighted by Crippen LogP contribution is -1.86. The molecule has 1 aromatic heterocycles. The first-order chi connectivity index (χ1) is 9.24. The number of nitrogens with zero attached hydrogens (tertiary/aromatic N) is 2. The van der Waals surface area contributed by atoms with E-state index < -0.39 is 0 Å². The highest BCUT2D eigenvalue weighted by Crippen LogP contribution is 2.26. The van der Waals surface area contributed by atoms with Crippen LogP contribution in [-0.2, 0) is 0 Å². The Kier molecular flexibility index (Phi) is 4.86. The third-order valence-electron chi connectivity index (χ3n) is 2.30. The maximum atomic E-state index is 9.10. The van der Waals surface area contributed by atoms with Crippen LogP contribution in [0.15, 0.2) is 35.5 Å². The molecule has 0 unspecified atom stereocenters. The fourth-order valence-electron chi connectivity index (χ4n) is 1.44. The normalized spacial score (nSPS) is 10.6. The molecule has 0 spiro atoms. The Morgan fingerprint density at radius 1 is 1.53 bits per heavy atom. The third-order valence-corrected chi connectivity index (χ3v) is 4.15. The summed E-state index contributed by atoms with van der Waals surface area (Å²) in [6.45, 7) is 0. The SMILES string of the molecule is CSc1nsc(C=CNc2cccc(Cl)c2)c1C#N. The summed E-state index contributed by atoms with van der Waals surface area (Å²) in [6, 6.07) is 9.62. The minimum Gasteiger partial charge on any atom is -0.362 e. The summed E-state index contributed by atoms with van der Waals surface area (Å²) in [6.07, 6.45) is 5.54. The van der Waals surface area contributed by atoms with E-state index >= 15 is 0 Å². The molecule has 0 saturated carbocycles. The van der Waals surface area contributed by atoms with Gasteiger partial charge in [0.1, 0.15) is 16.7 Å². The van der Waals surface area contributed by atoms with Crippen molar-refractivity contribution < 1.29 is 0 Å². The average molecular weight is 308 g/mol. The maximum absolute atomic E-state index is 9.10. The van der Waals surface area contributed by atoms with Crippen molar-refractivity contribution in [1.82, 2.24) is 4.37 Å². The number of rotatable bonds is 4. The molecule has 0 aliphatic rings. The molecule has 0 saturated heterocycles. The van der Waals surface area contributed by atoms with Gasteiger partial charge in [0.05, 0.1) is 4.88 Å². The van der Waals surface area contributed by atoms with Crippen molar-refractivity contribution in [3.63, 3.8) is 0 Å². The van der Waals surface area contributed by atoms with E-state index in [1.807, 2.05) is 36.6 Å². The Bertz CT molecular complexity index is 644. The van der Waals surface area contributed by atoms with Crippen molar-refractivity contribution in [3.05, 3.63) is 45.9 Å². The Labute approximate surface area is 125 Å². The zero-order chi connectivity index (χ0) is 13.7. The molecule has 0 aliphatic carbocycles. The van der Waals surface area contributed by atoms with Crippen LogP contribution in [0.4, 0.5) is 5.69 Å². The van der Waals surface area contributed by atoms with Gasteiger partial charge in [-0.05, 0) is 42.1 Å². The molecule has 2 rings (SSSR count). The Balaban J connectivity index is 2.11. The van der Waals surface area contributed by atoms with Crippen molar-refractivity contribution in [3.8, 4) is 6.07 Å². The maximum Gasteiger partial charge on any atom is 0.128 e. The lowest BCUT2D eigenvalue weighted by atomic mass is 10.3. The van der Waals surface area contributed by atoms with Crippen LogP contribution in [0.5, 0.6) is 0 Å². The molecular weight excluding hydrogens is 298 g/mol. The third kappa shape index (κ3) is 3.51. The van der Waals surface area contributed by atoms with Gasteiger partial charge in [0.25, 0.3) is 0 Å². The molecular formula is C13H10ClN3S2. The van der Waals surface area contributed by atoms with Gasteiger partial charge in [0.15, 0.2) is 0 Å². The predicted octanol–water partition coefficient (Wildman–Crippen LogP) is 4.47. The molecule has 0 amide bonds. The van der Waals surface area contributed by atoms with Gasteiger partial charge in [-0.3, -0.25) is 0 Å². The standard InChI is InChI=1S/C13H10ClN3S2/c1-18-13-11(8-15)12(19-17-13)5-6-16-10-4-2-3-9(14)7-10/h2-7,16H,1H3. The summed E-state index contributed by atoms with van der Waals surface area (Å²) in [4.78, 5) is 0.848. The lowest BCUT2D eigenvalue weighted by Gasteiger charge is -2.00. The minimum absolute atomic E-state index is 0.627.